The van der Waals surface area contributed by atoms with Gasteiger partial charge in [-0.25, -0.2) is 4.79 Å². The van der Waals surface area contributed by atoms with Crippen LogP contribution >= 0.6 is 0 Å². The van der Waals surface area contributed by atoms with Crippen molar-refractivity contribution in [3.63, 3.8) is 0 Å². The van der Waals surface area contributed by atoms with Crippen LogP contribution in [0, 0.1) is 0 Å². The summed E-state index contributed by atoms with van der Waals surface area (Å²) in [5.41, 5.74) is 4.59. The van der Waals surface area contributed by atoms with Gasteiger partial charge in [0.25, 0.3) is 0 Å². The fraction of sp³-hybridized carbons (Fsp3) is 0.150. The third-order valence-corrected chi connectivity index (χ3v) is 4.92. The molecule has 134 valence electrons. The molecule has 1 aliphatic heterocycles. The van der Waals surface area contributed by atoms with E-state index in [1.165, 1.54) is 5.56 Å². The number of hydrogen-bond donors (Lipinski definition) is 2. The molecule has 3 heterocycles. The molecule has 27 heavy (non-hydrogen) atoms. The number of rotatable bonds is 3. The predicted molar refractivity (Wildman–Crippen MR) is 104 cm³/mol. The molecule has 0 saturated carbocycles. The van der Waals surface area contributed by atoms with Gasteiger partial charge in [0, 0.05) is 29.2 Å². The first-order valence-electron chi connectivity index (χ1n) is 8.70. The number of ether oxygens (including phenoxy) is 1. The first kappa shape index (κ1) is 15.6. The van der Waals surface area contributed by atoms with E-state index in [1.54, 1.807) is 17.9 Å². The van der Waals surface area contributed by atoms with Crippen molar-refractivity contribution < 1.29 is 4.74 Å². The highest BCUT2D eigenvalue weighted by Crippen LogP contribution is 2.32. The monoisotopic (exact) mass is 359 g/mol. The van der Waals surface area contributed by atoms with Gasteiger partial charge in [-0.15, -0.1) is 0 Å². The summed E-state index contributed by atoms with van der Waals surface area (Å²) in [5, 5.41) is 11.2. The van der Waals surface area contributed by atoms with Crippen molar-refractivity contribution in [2.45, 2.75) is 13.0 Å². The number of H-pyrrole nitrogens is 1. The smallest absolute Gasteiger partial charge is 0.350 e. The van der Waals surface area contributed by atoms with Crippen molar-refractivity contribution >= 4 is 22.4 Å². The molecule has 4 aromatic rings. The Morgan fingerprint density at radius 1 is 1.19 bits per heavy atom. The van der Waals surface area contributed by atoms with Crippen molar-refractivity contribution in [3.05, 3.63) is 64.7 Å². The molecule has 5 rings (SSSR count). The number of benzene rings is 2. The second-order valence-corrected chi connectivity index (χ2v) is 6.53. The Labute approximate surface area is 154 Å². The van der Waals surface area contributed by atoms with Crippen molar-refractivity contribution in [2.75, 3.05) is 12.4 Å². The zero-order valence-electron chi connectivity index (χ0n) is 14.7. The van der Waals surface area contributed by atoms with Gasteiger partial charge in [-0.05, 0) is 48.4 Å². The molecule has 2 aromatic heterocycles. The van der Waals surface area contributed by atoms with Gasteiger partial charge >= 0.3 is 5.69 Å². The molecule has 0 atom stereocenters. The zero-order valence-corrected chi connectivity index (χ0v) is 14.7. The lowest BCUT2D eigenvalue weighted by molar-refractivity contribution is 0.414. The summed E-state index contributed by atoms with van der Waals surface area (Å²) in [6.07, 6.45) is 2.55. The second kappa shape index (κ2) is 5.98. The average molecular weight is 359 g/mol. The van der Waals surface area contributed by atoms with Gasteiger partial charge in [0.2, 0.25) is 0 Å². The molecule has 7 nitrogen and oxygen atoms in total. The lowest BCUT2D eigenvalue weighted by Gasteiger charge is -2.22. The number of nitrogens with one attached hydrogen (secondary N) is 2. The number of methoxy groups -OCH3 is 1. The number of aromatic amines is 1. The van der Waals surface area contributed by atoms with Gasteiger partial charge in [0.05, 0.1) is 24.5 Å². The Kier molecular flexibility index (Phi) is 3.46. The SMILES string of the molecule is COc1ccc2c(c1)CCn1c-2cc(Nc2ccc3cn[nH]c3c2)nc1=O. The highest BCUT2D eigenvalue weighted by molar-refractivity contribution is 5.82. The molecule has 0 saturated heterocycles. The van der Waals surface area contributed by atoms with Crippen LogP contribution in [0.15, 0.2) is 53.5 Å². The molecule has 0 fully saturated rings. The van der Waals surface area contributed by atoms with E-state index < -0.39 is 0 Å². The Morgan fingerprint density at radius 2 is 2.11 bits per heavy atom. The van der Waals surface area contributed by atoms with Crippen LogP contribution in [0.2, 0.25) is 0 Å². The molecule has 2 aromatic carbocycles. The van der Waals surface area contributed by atoms with Gasteiger partial charge in [-0.3, -0.25) is 9.67 Å². The van der Waals surface area contributed by atoms with Crippen LogP contribution in [0.1, 0.15) is 5.56 Å². The quantitative estimate of drug-likeness (QED) is 0.587. The van der Waals surface area contributed by atoms with Crippen molar-refractivity contribution in [1.29, 1.82) is 0 Å². The zero-order chi connectivity index (χ0) is 18.4. The maximum Gasteiger partial charge on any atom is 0.350 e. The Morgan fingerprint density at radius 3 is 3.00 bits per heavy atom. The summed E-state index contributed by atoms with van der Waals surface area (Å²) in [7, 11) is 1.66. The first-order chi connectivity index (χ1) is 13.2. The average Bonchev–Trinajstić information content (AvgIpc) is 3.15. The number of aryl methyl sites for hydroxylation is 1. The van der Waals surface area contributed by atoms with E-state index >= 15 is 0 Å². The molecule has 0 amide bonds. The van der Waals surface area contributed by atoms with Crippen LogP contribution in [0.25, 0.3) is 22.2 Å². The van der Waals surface area contributed by atoms with E-state index in [1.807, 2.05) is 42.5 Å². The predicted octanol–water partition coefficient (Wildman–Crippen LogP) is 3.09. The van der Waals surface area contributed by atoms with Crippen molar-refractivity contribution in [2.24, 2.45) is 0 Å². The molecule has 0 aliphatic carbocycles. The lowest BCUT2D eigenvalue weighted by Crippen LogP contribution is -2.28. The number of anilines is 2. The van der Waals surface area contributed by atoms with Crippen LogP contribution in [0.3, 0.4) is 0 Å². The largest absolute Gasteiger partial charge is 0.497 e. The molecule has 0 unspecified atom stereocenters. The fourth-order valence-electron chi connectivity index (χ4n) is 3.56. The molecule has 1 aliphatic rings. The Hall–Kier alpha value is -3.61. The molecule has 0 radical (unpaired) electrons. The van der Waals surface area contributed by atoms with E-state index in [2.05, 4.69) is 20.5 Å². The molecule has 0 bridgehead atoms. The minimum atomic E-state index is -0.251. The molecule has 0 spiro atoms. The van der Waals surface area contributed by atoms with Crippen molar-refractivity contribution in [3.8, 4) is 17.0 Å². The standard InChI is InChI=1S/C20H17N5O2/c1-27-15-4-5-16-12(8-15)6-7-25-18(16)10-19(23-20(25)26)22-14-3-2-13-11-21-24-17(13)9-14/h2-5,8-11H,6-7H2,1H3,(H,21,24)(H,22,23,26). The molecule has 7 heteroatoms. The van der Waals surface area contributed by atoms with Crippen LogP contribution < -0.4 is 15.7 Å². The van der Waals surface area contributed by atoms with E-state index in [4.69, 9.17) is 4.74 Å². The van der Waals surface area contributed by atoms with Crippen molar-refractivity contribution in [1.82, 2.24) is 19.7 Å². The van der Waals surface area contributed by atoms with Gasteiger partial charge < -0.3 is 10.1 Å². The van der Waals surface area contributed by atoms with Gasteiger partial charge in [-0.1, -0.05) is 0 Å². The Bertz CT molecular complexity index is 1220. The van der Waals surface area contributed by atoms with Crippen LogP contribution in [-0.4, -0.2) is 26.9 Å². The number of hydrogen-bond acceptors (Lipinski definition) is 5. The normalized spacial score (nSPS) is 12.5. The maximum atomic E-state index is 12.5. The third-order valence-electron chi connectivity index (χ3n) is 4.92. The van der Waals surface area contributed by atoms with Crippen LogP contribution in [0.4, 0.5) is 11.5 Å². The summed E-state index contributed by atoms with van der Waals surface area (Å²) >= 11 is 0. The van der Waals surface area contributed by atoms with E-state index in [0.717, 1.165) is 40.0 Å². The summed E-state index contributed by atoms with van der Waals surface area (Å²) < 4.78 is 7.04. The van der Waals surface area contributed by atoms with E-state index in [9.17, 15) is 4.79 Å². The lowest BCUT2D eigenvalue weighted by atomic mass is 9.97. The van der Waals surface area contributed by atoms with E-state index in [-0.39, 0.29) is 5.69 Å². The van der Waals surface area contributed by atoms with Crippen LogP contribution in [0.5, 0.6) is 5.75 Å². The minimum absolute atomic E-state index is 0.251. The number of nitrogens with zero attached hydrogens (tertiary/aromatic N) is 3. The number of aromatic nitrogens is 4. The maximum absolute atomic E-state index is 12.5. The number of fused-ring (bicyclic) bond motifs is 4. The van der Waals surface area contributed by atoms with E-state index in [0.29, 0.717) is 12.4 Å². The van der Waals surface area contributed by atoms with Gasteiger partial charge in [-0.2, -0.15) is 10.1 Å². The summed E-state index contributed by atoms with van der Waals surface area (Å²) in [4.78, 5) is 16.8. The molecular formula is C20H17N5O2. The fourth-order valence-corrected chi connectivity index (χ4v) is 3.56. The summed E-state index contributed by atoms with van der Waals surface area (Å²) in [6, 6.07) is 13.7. The highest BCUT2D eigenvalue weighted by atomic mass is 16.5. The second-order valence-electron chi connectivity index (χ2n) is 6.53. The van der Waals surface area contributed by atoms with Gasteiger partial charge in [0.15, 0.2) is 0 Å². The molecule has 2 N–H and O–H groups in total. The first-order valence-corrected chi connectivity index (χ1v) is 8.70. The van der Waals surface area contributed by atoms with Gasteiger partial charge in [0.1, 0.15) is 11.6 Å². The third kappa shape index (κ3) is 2.64. The Balaban J connectivity index is 1.57. The topological polar surface area (TPSA) is 84.8 Å². The summed E-state index contributed by atoms with van der Waals surface area (Å²) in [5.74, 6) is 1.35. The molecular weight excluding hydrogens is 342 g/mol. The van der Waals surface area contributed by atoms with Crippen LogP contribution in [-0.2, 0) is 13.0 Å². The highest BCUT2D eigenvalue weighted by Gasteiger charge is 2.19. The summed E-state index contributed by atoms with van der Waals surface area (Å²) in [6.45, 7) is 0.613. The minimum Gasteiger partial charge on any atom is -0.497 e.